The van der Waals surface area contributed by atoms with Gasteiger partial charge < -0.3 is 5.32 Å². The number of halogens is 2. The summed E-state index contributed by atoms with van der Waals surface area (Å²) < 4.78 is 0.821. The summed E-state index contributed by atoms with van der Waals surface area (Å²) in [5, 5.41) is 4.29. The second-order valence-corrected chi connectivity index (χ2v) is 6.31. The fourth-order valence-electron chi connectivity index (χ4n) is 1.96. The number of hydrogen-bond donors (Lipinski definition) is 3. The number of anilines is 2. The van der Waals surface area contributed by atoms with Gasteiger partial charge in [0, 0.05) is 16.3 Å². The van der Waals surface area contributed by atoms with Gasteiger partial charge in [0.15, 0.2) is 5.13 Å². The molecule has 0 aliphatic rings. The Morgan fingerprint density at radius 1 is 1.23 bits per heavy atom. The molecular formula is C14H10Cl2N4OS. The number of fused-ring (bicyclic) bond motifs is 1. The minimum Gasteiger partial charge on any atom is -0.322 e. The first-order valence-corrected chi connectivity index (χ1v) is 7.77. The molecule has 8 heteroatoms. The number of benzene rings is 2. The lowest BCUT2D eigenvalue weighted by Gasteiger charge is -2.06. The molecule has 4 N–H and O–H groups in total. The number of hydrazine groups is 1. The van der Waals surface area contributed by atoms with Crippen LogP contribution in [0.2, 0.25) is 10.0 Å². The van der Waals surface area contributed by atoms with E-state index >= 15 is 0 Å². The molecule has 2 aromatic carbocycles. The highest BCUT2D eigenvalue weighted by molar-refractivity contribution is 7.22. The van der Waals surface area contributed by atoms with Crippen molar-refractivity contribution in [3.8, 4) is 0 Å². The van der Waals surface area contributed by atoms with Gasteiger partial charge in [0.05, 0.1) is 9.72 Å². The van der Waals surface area contributed by atoms with Gasteiger partial charge in [-0.2, -0.15) is 0 Å². The highest BCUT2D eigenvalue weighted by Crippen LogP contribution is 2.33. The van der Waals surface area contributed by atoms with Gasteiger partial charge in [-0.15, -0.1) is 0 Å². The van der Waals surface area contributed by atoms with Gasteiger partial charge in [-0.05, 0) is 30.3 Å². The molecule has 3 rings (SSSR count). The van der Waals surface area contributed by atoms with E-state index in [9.17, 15) is 4.79 Å². The molecule has 0 atom stereocenters. The molecular weight excluding hydrogens is 343 g/mol. The summed E-state index contributed by atoms with van der Waals surface area (Å²) in [4.78, 5) is 16.5. The number of thiazole rings is 1. The molecule has 0 bridgehead atoms. The zero-order chi connectivity index (χ0) is 15.7. The van der Waals surface area contributed by atoms with Crippen molar-refractivity contribution in [2.45, 2.75) is 0 Å². The van der Waals surface area contributed by atoms with Gasteiger partial charge in [-0.1, -0.05) is 40.6 Å². The van der Waals surface area contributed by atoms with Crippen LogP contribution >= 0.6 is 34.5 Å². The van der Waals surface area contributed by atoms with Crippen LogP contribution in [-0.4, -0.2) is 10.9 Å². The van der Waals surface area contributed by atoms with Gasteiger partial charge in [0.25, 0.3) is 5.91 Å². The van der Waals surface area contributed by atoms with E-state index < -0.39 is 0 Å². The summed E-state index contributed by atoms with van der Waals surface area (Å²) in [6.07, 6.45) is 0. The van der Waals surface area contributed by atoms with Crippen molar-refractivity contribution >= 4 is 61.5 Å². The van der Waals surface area contributed by atoms with Gasteiger partial charge in [-0.3, -0.25) is 10.2 Å². The van der Waals surface area contributed by atoms with E-state index in [0.717, 1.165) is 4.70 Å². The van der Waals surface area contributed by atoms with E-state index in [2.05, 4.69) is 15.7 Å². The molecule has 0 saturated heterocycles. The van der Waals surface area contributed by atoms with Gasteiger partial charge in [-0.25, -0.2) is 10.8 Å². The number of hydrogen-bond acceptors (Lipinski definition) is 5. The van der Waals surface area contributed by atoms with E-state index in [1.165, 1.54) is 11.3 Å². The topological polar surface area (TPSA) is 80.0 Å². The highest BCUT2D eigenvalue weighted by atomic mass is 35.5. The van der Waals surface area contributed by atoms with Crippen LogP contribution in [-0.2, 0) is 0 Å². The van der Waals surface area contributed by atoms with Crippen LogP contribution in [0.4, 0.5) is 10.8 Å². The third-order valence-electron chi connectivity index (χ3n) is 2.92. The van der Waals surface area contributed by atoms with E-state index in [4.69, 9.17) is 29.0 Å². The lowest BCUT2D eigenvalue weighted by Crippen LogP contribution is -2.11. The van der Waals surface area contributed by atoms with Crippen LogP contribution in [0.15, 0.2) is 36.4 Å². The molecule has 5 nitrogen and oxygen atoms in total. The van der Waals surface area contributed by atoms with Crippen molar-refractivity contribution in [3.63, 3.8) is 0 Å². The number of nitrogens with one attached hydrogen (secondary N) is 2. The van der Waals surface area contributed by atoms with E-state index in [0.29, 0.717) is 31.9 Å². The van der Waals surface area contributed by atoms with Crippen LogP contribution in [0.25, 0.3) is 10.2 Å². The molecule has 1 heterocycles. The molecule has 0 radical (unpaired) electrons. The minimum atomic E-state index is -0.264. The first-order chi connectivity index (χ1) is 10.6. The zero-order valence-corrected chi connectivity index (χ0v) is 13.4. The molecule has 0 aliphatic heterocycles. The Hall–Kier alpha value is -1.86. The van der Waals surface area contributed by atoms with Crippen LogP contribution in [0.1, 0.15) is 10.4 Å². The molecule has 0 fully saturated rings. The van der Waals surface area contributed by atoms with Crippen molar-refractivity contribution < 1.29 is 4.79 Å². The second kappa shape index (κ2) is 6.10. The predicted octanol–water partition coefficient (Wildman–Crippen LogP) is 4.14. The maximum Gasteiger partial charge on any atom is 0.255 e. The van der Waals surface area contributed by atoms with Crippen LogP contribution in [0.3, 0.4) is 0 Å². The quantitative estimate of drug-likeness (QED) is 0.488. The number of nitrogens with two attached hydrogens (primary N) is 1. The van der Waals surface area contributed by atoms with Gasteiger partial charge in [0.2, 0.25) is 0 Å². The van der Waals surface area contributed by atoms with Crippen molar-refractivity contribution in [2.24, 2.45) is 5.84 Å². The summed E-state index contributed by atoms with van der Waals surface area (Å²) in [7, 11) is 0. The lowest BCUT2D eigenvalue weighted by atomic mass is 10.2. The smallest absolute Gasteiger partial charge is 0.255 e. The first kappa shape index (κ1) is 15.1. The number of aromatic nitrogens is 1. The van der Waals surface area contributed by atoms with E-state index in [1.807, 2.05) is 0 Å². The van der Waals surface area contributed by atoms with E-state index in [1.54, 1.807) is 36.4 Å². The average molecular weight is 353 g/mol. The Bertz CT molecular complexity index is 865. The van der Waals surface area contributed by atoms with E-state index in [-0.39, 0.29) is 5.91 Å². The fraction of sp³-hybridized carbons (Fsp3) is 0. The fourth-order valence-corrected chi connectivity index (χ4v) is 3.31. The van der Waals surface area contributed by atoms with Crippen molar-refractivity contribution in [2.75, 3.05) is 10.7 Å². The lowest BCUT2D eigenvalue weighted by molar-refractivity contribution is 0.102. The van der Waals surface area contributed by atoms with Crippen LogP contribution in [0, 0.1) is 0 Å². The number of carbonyl (C=O) groups excluding carboxylic acids is 1. The third kappa shape index (κ3) is 3.00. The third-order valence-corrected chi connectivity index (χ3v) is 4.37. The summed E-state index contributed by atoms with van der Waals surface area (Å²) in [5.41, 5.74) is 4.17. The highest BCUT2D eigenvalue weighted by Gasteiger charge is 2.11. The number of carbonyl (C=O) groups is 1. The summed E-state index contributed by atoms with van der Waals surface area (Å²) in [6.45, 7) is 0. The summed E-state index contributed by atoms with van der Waals surface area (Å²) >= 11 is 13.4. The number of rotatable bonds is 3. The molecule has 1 aromatic heterocycles. The molecule has 0 aliphatic carbocycles. The maximum atomic E-state index is 12.2. The number of nitrogen functional groups attached to an aromatic ring is 1. The van der Waals surface area contributed by atoms with Crippen LogP contribution < -0.4 is 16.6 Å². The monoisotopic (exact) mass is 352 g/mol. The standard InChI is InChI=1S/C14H10Cl2N4OS/c15-8-3-1-2-7(4-8)13(21)18-9-5-10(16)12-11(6-9)22-14(19-12)20-17/h1-6H,17H2,(H,18,21)(H,19,20). The Morgan fingerprint density at radius 2 is 2.05 bits per heavy atom. The van der Waals surface area contributed by atoms with Crippen molar-refractivity contribution in [1.29, 1.82) is 0 Å². The predicted molar refractivity (Wildman–Crippen MR) is 91.8 cm³/mol. The Balaban J connectivity index is 1.92. The molecule has 112 valence electrons. The average Bonchev–Trinajstić information content (AvgIpc) is 2.91. The zero-order valence-electron chi connectivity index (χ0n) is 11.1. The van der Waals surface area contributed by atoms with Gasteiger partial charge >= 0.3 is 0 Å². The molecule has 0 unspecified atom stereocenters. The molecule has 22 heavy (non-hydrogen) atoms. The first-order valence-electron chi connectivity index (χ1n) is 6.20. The molecule has 0 spiro atoms. The Labute approximate surface area is 140 Å². The SMILES string of the molecule is NNc1nc2c(Cl)cc(NC(=O)c3cccc(Cl)c3)cc2s1. The molecule has 3 aromatic rings. The van der Waals surface area contributed by atoms with Gasteiger partial charge in [0.1, 0.15) is 5.52 Å². The number of amides is 1. The molecule has 1 amide bonds. The Kier molecular flexibility index (Phi) is 4.17. The second-order valence-electron chi connectivity index (χ2n) is 4.43. The van der Waals surface area contributed by atoms with Crippen molar-refractivity contribution in [1.82, 2.24) is 4.98 Å². The maximum absolute atomic E-state index is 12.2. The molecule has 0 saturated carbocycles. The normalized spacial score (nSPS) is 10.7. The largest absolute Gasteiger partial charge is 0.322 e. The Morgan fingerprint density at radius 3 is 2.77 bits per heavy atom. The summed E-state index contributed by atoms with van der Waals surface area (Å²) in [5.74, 6) is 5.08. The number of nitrogens with zero attached hydrogens (tertiary/aromatic N) is 1. The minimum absolute atomic E-state index is 0.264. The van der Waals surface area contributed by atoms with Crippen molar-refractivity contribution in [3.05, 3.63) is 52.0 Å². The van der Waals surface area contributed by atoms with Crippen LogP contribution in [0.5, 0.6) is 0 Å². The summed E-state index contributed by atoms with van der Waals surface area (Å²) in [6, 6.07) is 10.1.